The van der Waals surface area contributed by atoms with Gasteiger partial charge < -0.3 is 5.11 Å². The van der Waals surface area contributed by atoms with Gasteiger partial charge in [0.2, 0.25) is 10.0 Å². The Hall–Kier alpha value is -2.00. The highest BCUT2D eigenvalue weighted by Gasteiger charge is 2.28. The van der Waals surface area contributed by atoms with E-state index in [2.05, 4.69) is 4.72 Å². The van der Waals surface area contributed by atoms with E-state index in [9.17, 15) is 23.3 Å². The molecule has 2 N–H and O–H groups in total. The number of hydrogen-bond acceptors (Lipinski definition) is 5. The number of nitrogens with zero attached hydrogens (tertiary/aromatic N) is 1. The normalized spacial score (nSPS) is 12.9. The number of aryl methyl sites for hydroxylation is 1. The van der Waals surface area contributed by atoms with Crippen LogP contribution in [0.15, 0.2) is 23.1 Å². The molecule has 116 valence electrons. The first-order valence-electron chi connectivity index (χ1n) is 6.10. The number of rotatable bonds is 7. The third-order valence-corrected chi connectivity index (χ3v) is 4.42. The summed E-state index contributed by atoms with van der Waals surface area (Å²) in [7, 11) is -4.08. The second-order valence-corrected chi connectivity index (χ2v) is 6.44. The smallest absolute Gasteiger partial charge is 0.303 e. The maximum absolute atomic E-state index is 12.2. The number of hydrogen-bond donors (Lipinski definition) is 2. The van der Waals surface area contributed by atoms with E-state index in [1.807, 2.05) is 0 Å². The number of carboxylic acid groups (broad SMARTS) is 1. The highest BCUT2D eigenvalue weighted by molar-refractivity contribution is 7.89. The molecule has 0 fully saturated rings. The first kappa shape index (κ1) is 17.1. The maximum atomic E-state index is 12.2. The van der Waals surface area contributed by atoms with Crippen molar-refractivity contribution in [3.05, 3.63) is 33.9 Å². The lowest BCUT2D eigenvalue weighted by atomic mass is 10.1. The summed E-state index contributed by atoms with van der Waals surface area (Å²) in [5, 5.41) is 19.6. The van der Waals surface area contributed by atoms with Gasteiger partial charge in [0.1, 0.15) is 0 Å². The average Bonchev–Trinajstić information content (AvgIpc) is 2.35. The number of aliphatic carboxylic acids is 1. The minimum atomic E-state index is -4.08. The maximum Gasteiger partial charge on any atom is 0.303 e. The monoisotopic (exact) mass is 316 g/mol. The zero-order chi connectivity index (χ0) is 16.2. The van der Waals surface area contributed by atoms with Gasteiger partial charge in [0.25, 0.3) is 5.69 Å². The van der Waals surface area contributed by atoms with E-state index >= 15 is 0 Å². The van der Waals surface area contributed by atoms with E-state index in [4.69, 9.17) is 5.11 Å². The molecule has 0 aliphatic heterocycles. The number of benzene rings is 1. The fourth-order valence-electron chi connectivity index (χ4n) is 1.82. The number of carbonyl (C=O) groups is 1. The molecule has 0 radical (unpaired) electrons. The van der Waals surface area contributed by atoms with Crippen LogP contribution in [-0.4, -0.2) is 31.0 Å². The molecule has 1 aromatic rings. The van der Waals surface area contributed by atoms with E-state index in [-0.39, 0.29) is 18.5 Å². The van der Waals surface area contributed by atoms with Crippen molar-refractivity contribution in [1.82, 2.24) is 4.72 Å². The van der Waals surface area contributed by atoms with Crippen molar-refractivity contribution in [2.45, 2.75) is 25.2 Å². The Kier molecular flexibility index (Phi) is 5.39. The van der Waals surface area contributed by atoms with Crippen LogP contribution in [0.1, 0.15) is 18.9 Å². The first-order chi connectivity index (χ1) is 9.65. The van der Waals surface area contributed by atoms with Crippen LogP contribution in [0.5, 0.6) is 0 Å². The molecule has 0 aliphatic carbocycles. The molecule has 0 spiro atoms. The lowest BCUT2D eigenvalue weighted by Gasteiger charge is -2.12. The van der Waals surface area contributed by atoms with Crippen molar-refractivity contribution < 1.29 is 23.2 Å². The molecular weight excluding hydrogens is 300 g/mol. The Morgan fingerprint density at radius 1 is 1.48 bits per heavy atom. The molecule has 0 saturated carbocycles. The van der Waals surface area contributed by atoms with Gasteiger partial charge in [0, 0.05) is 19.0 Å². The number of carboxylic acids is 1. The summed E-state index contributed by atoms with van der Waals surface area (Å²) in [6.45, 7) is 2.92. The molecule has 0 aromatic heterocycles. The SMILES string of the molecule is Cc1cccc([N+](=O)[O-])c1S(=O)(=O)NCC(C)CC(=O)O. The summed E-state index contributed by atoms with van der Waals surface area (Å²) in [6, 6.07) is 3.98. The standard InChI is InChI=1S/C12H16N2O6S/c1-8(6-11(15)16)7-13-21(19,20)12-9(2)4-3-5-10(12)14(17)18/h3-5,8,13H,6-7H2,1-2H3,(H,15,16). The van der Waals surface area contributed by atoms with Crippen molar-refractivity contribution >= 4 is 21.7 Å². The molecule has 0 heterocycles. The minimum Gasteiger partial charge on any atom is -0.481 e. The molecule has 0 saturated heterocycles. The van der Waals surface area contributed by atoms with Gasteiger partial charge in [-0.05, 0) is 18.4 Å². The molecule has 0 bridgehead atoms. The Bertz CT molecular complexity index is 656. The molecule has 1 unspecified atom stereocenters. The quantitative estimate of drug-likeness (QED) is 0.576. The summed E-state index contributed by atoms with van der Waals surface area (Å²) in [4.78, 5) is 20.3. The van der Waals surface area contributed by atoms with Crippen LogP contribution in [0.3, 0.4) is 0 Å². The predicted molar refractivity (Wildman–Crippen MR) is 74.4 cm³/mol. The first-order valence-corrected chi connectivity index (χ1v) is 7.59. The van der Waals surface area contributed by atoms with Gasteiger partial charge in [-0.15, -0.1) is 0 Å². The summed E-state index contributed by atoms with van der Waals surface area (Å²) in [5.41, 5.74) is -0.254. The number of nitro groups is 1. The van der Waals surface area contributed by atoms with E-state index in [0.29, 0.717) is 0 Å². The lowest BCUT2D eigenvalue weighted by Crippen LogP contribution is -2.30. The van der Waals surface area contributed by atoms with Crippen LogP contribution in [-0.2, 0) is 14.8 Å². The van der Waals surface area contributed by atoms with Crippen LogP contribution >= 0.6 is 0 Å². The van der Waals surface area contributed by atoms with Crippen LogP contribution in [0.4, 0.5) is 5.69 Å². The van der Waals surface area contributed by atoms with Crippen molar-refractivity contribution in [3.63, 3.8) is 0 Å². The van der Waals surface area contributed by atoms with Crippen LogP contribution in [0.25, 0.3) is 0 Å². The zero-order valence-corrected chi connectivity index (χ0v) is 12.4. The van der Waals surface area contributed by atoms with Crippen molar-refractivity contribution in [3.8, 4) is 0 Å². The van der Waals surface area contributed by atoms with Crippen molar-refractivity contribution in [2.24, 2.45) is 5.92 Å². The molecule has 0 amide bonds. The number of sulfonamides is 1. The van der Waals surface area contributed by atoms with Crippen molar-refractivity contribution in [2.75, 3.05) is 6.54 Å². The zero-order valence-electron chi connectivity index (χ0n) is 11.6. The fraction of sp³-hybridized carbons (Fsp3) is 0.417. The average molecular weight is 316 g/mol. The minimum absolute atomic E-state index is 0.111. The molecule has 1 rings (SSSR count). The largest absolute Gasteiger partial charge is 0.481 e. The summed E-state index contributed by atoms with van der Waals surface area (Å²) >= 11 is 0. The summed E-state index contributed by atoms with van der Waals surface area (Å²) < 4.78 is 26.6. The third-order valence-electron chi connectivity index (χ3n) is 2.80. The Morgan fingerprint density at radius 3 is 2.62 bits per heavy atom. The van der Waals surface area contributed by atoms with Gasteiger partial charge >= 0.3 is 5.97 Å². The van der Waals surface area contributed by atoms with Gasteiger partial charge in [0.15, 0.2) is 4.90 Å². The van der Waals surface area contributed by atoms with E-state index in [0.717, 1.165) is 6.07 Å². The summed E-state index contributed by atoms with van der Waals surface area (Å²) in [5.74, 6) is -1.47. The second kappa shape index (κ2) is 6.64. The molecule has 1 atom stereocenters. The molecule has 9 heteroatoms. The highest BCUT2D eigenvalue weighted by Crippen LogP contribution is 2.26. The van der Waals surface area contributed by atoms with Gasteiger partial charge in [0.05, 0.1) is 4.92 Å². The molecular formula is C12H16N2O6S. The number of nitro benzene ring substituents is 1. The molecule has 21 heavy (non-hydrogen) atoms. The van der Waals surface area contributed by atoms with E-state index < -0.39 is 37.4 Å². The van der Waals surface area contributed by atoms with Gasteiger partial charge in [-0.25, -0.2) is 13.1 Å². The van der Waals surface area contributed by atoms with Gasteiger partial charge in [-0.2, -0.15) is 0 Å². The van der Waals surface area contributed by atoms with Crippen LogP contribution in [0.2, 0.25) is 0 Å². The predicted octanol–water partition coefficient (Wildman–Crippen LogP) is 1.29. The highest BCUT2D eigenvalue weighted by atomic mass is 32.2. The second-order valence-electron chi connectivity index (χ2n) is 4.74. The van der Waals surface area contributed by atoms with E-state index in [1.54, 1.807) is 6.92 Å². The Balaban J connectivity index is 3.04. The van der Waals surface area contributed by atoms with Crippen LogP contribution in [0, 0.1) is 23.0 Å². The van der Waals surface area contributed by atoms with Gasteiger partial charge in [-0.3, -0.25) is 14.9 Å². The van der Waals surface area contributed by atoms with Crippen LogP contribution < -0.4 is 4.72 Å². The van der Waals surface area contributed by atoms with Gasteiger partial charge in [-0.1, -0.05) is 19.1 Å². The molecule has 8 nitrogen and oxygen atoms in total. The fourth-order valence-corrected chi connectivity index (χ4v) is 3.38. The Morgan fingerprint density at radius 2 is 2.10 bits per heavy atom. The Labute approximate surface area is 122 Å². The van der Waals surface area contributed by atoms with E-state index in [1.165, 1.54) is 19.1 Å². The summed E-state index contributed by atoms with van der Waals surface area (Å²) in [6.07, 6.45) is -0.196. The molecule has 1 aromatic carbocycles. The third kappa shape index (κ3) is 4.50. The number of nitrogens with one attached hydrogen (secondary N) is 1. The van der Waals surface area contributed by atoms with Crippen molar-refractivity contribution in [1.29, 1.82) is 0 Å². The molecule has 0 aliphatic rings. The lowest BCUT2D eigenvalue weighted by molar-refractivity contribution is -0.387. The topological polar surface area (TPSA) is 127 Å².